The van der Waals surface area contributed by atoms with E-state index in [1.807, 2.05) is 12.4 Å². The summed E-state index contributed by atoms with van der Waals surface area (Å²) in [5.41, 5.74) is 1.23. The molecule has 1 N–H and O–H groups in total. The van der Waals surface area contributed by atoms with Crippen LogP contribution in [0.15, 0.2) is 36.7 Å². The number of rotatable bonds is 4. The van der Waals surface area contributed by atoms with Gasteiger partial charge in [0.15, 0.2) is 0 Å². The predicted octanol–water partition coefficient (Wildman–Crippen LogP) is 4.19. The molecule has 22 heavy (non-hydrogen) atoms. The number of aromatic nitrogens is 1. The Hall–Kier alpha value is -1.32. The highest BCUT2D eigenvalue weighted by Crippen LogP contribution is 2.21. The molecule has 3 nitrogen and oxygen atoms in total. The zero-order chi connectivity index (χ0) is 14.7. The summed E-state index contributed by atoms with van der Waals surface area (Å²) in [4.78, 5) is 6.76. The van der Waals surface area contributed by atoms with Gasteiger partial charge < -0.3 is 10.2 Å². The number of nitrogens with one attached hydrogen (secondary N) is 1. The van der Waals surface area contributed by atoms with Crippen molar-refractivity contribution >= 4 is 28.9 Å². The van der Waals surface area contributed by atoms with Crippen LogP contribution >= 0.6 is 12.4 Å². The lowest BCUT2D eigenvalue weighted by Crippen LogP contribution is -2.43. The number of benzene rings is 1. The van der Waals surface area contributed by atoms with Crippen molar-refractivity contribution < 1.29 is 0 Å². The first-order chi connectivity index (χ1) is 10.2. The largest absolute Gasteiger partial charge is 0.381 e. The van der Waals surface area contributed by atoms with Crippen molar-refractivity contribution in [1.29, 1.82) is 0 Å². The molecule has 1 fully saturated rings. The molecule has 2 heterocycles. The Morgan fingerprint density at radius 2 is 2.14 bits per heavy atom. The highest BCUT2D eigenvalue weighted by Gasteiger charge is 2.20. The molecule has 2 aromatic rings. The third kappa shape index (κ3) is 4.34. The second-order valence-corrected chi connectivity index (χ2v) is 6.57. The average molecular weight is 320 g/mol. The second-order valence-electron chi connectivity index (χ2n) is 6.57. The standard InChI is InChI=1S/C18H25N3.ClH/c1-14(2)12-21-9-3-4-18(13-21)20-17-6-5-16-11-19-8-7-15(16)10-17;/h5-8,10-11,14,18,20H,3-4,9,12-13H2,1-2H3;1H/t18-;/m1./s1. The van der Waals surface area contributed by atoms with E-state index in [1.165, 1.54) is 42.4 Å². The van der Waals surface area contributed by atoms with E-state index in [0.717, 1.165) is 12.5 Å². The summed E-state index contributed by atoms with van der Waals surface area (Å²) in [6.45, 7) is 8.22. The molecule has 1 aliphatic heterocycles. The van der Waals surface area contributed by atoms with Gasteiger partial charge in [0.1, 0.15) is 0 Å². The fourth-order valence-corrected chi connectivity index (χ4v) is 3.26. The molecule has 0 unspecified atom stereocenters. The molecule has 1 aromatic carbocycles. The van der Waals surface area contributed by atoms with Gasteiger partial charge in [-0.3, -0.25) is 4.98 Å². The van der Waals surface area contributed by atoms with Gasteiger partial charge in [-0.25, -0.2) is 0 Å². The van der Waals surface area contributed by atoms with Gasteiger partial charge in [0, 0.05) is 42.6 Å². The minimum Gasteiger partial charge on any atom is -0.381 e. The van der Waals surface area contributed by atoms with Gasteiger partial charge in [-0.05, 0) is 48.9 Å². The minimum absolute atomic E-state index is 0. The van der Waals surface area contributed by atoms with Gasteiger partial charge in [0.2, 0.25) is 0 Å². The van der Waals surface area contributed by atoms with Gasteiger partial charge in [0.25, 0.3) is 0 Å². The van der Waals surface area contributed by atoms with Gasteiger partial charge in [-0.2, -0.15) is 0 Å². The van der Waals surface area contributed by atoms with Crippen molar-refractivity contribution in [3.05, 3.63) is 36.7 Å². The molecule has 3 rings (SSSR count). The van der Waals surface area contributed by atoms with Crippen LogP contribution in [0.1, 0.15) is 26.7 Å². The number of anilines is 1. The summed E-state index contributed by atoms with van der Waals surface area (Å²) >= 11 is 0. The smallest absolute Gasteiger partial charge is 0.0388 e. The van der Waals surface area contributed by atoms with Crippen LogP contribution in [0.3, 0.4) is 0 Å². The Balaban J connectivity index is 0.00000176. The molecule has 1 aromatic heterocycles. The third-order valence-corrected chi connectivity index (χ3v) is 4.14. The van der Waals surface area contributed by atoms with Crippen LogP contribution in [0.4, 0.5) is 5.69 Å². The molecule has 0 aliphatic carbocycles. The maximum atomic E-state index is 4.17. The van der Waals surface area contributed by atoms with Crippen LogP contribution in [0.2, 0.25) is 0 Å². The topological polar surface area (TPSA) is 28.2 Å². The van der Waals surface area contributed by atoms with Gasteiger partial charge in [0.05, 0.1) is 0 Å². The summed E-state index contributed by atoms with van der Waals surface area (Å²) in [6.07, 6.45) is 6.34. The zero-order valence-corrected chi connectivity index (χ0v) is 14.3. The summed E-state index contributed by atoms with van der Waals surface area (Å²) < 4.78 is 0. The maximum Gasteiger partial charge on any atom is 0.0388 e. The van der Waals surface area contributed by atoms with E-state index in [9.17, 15) is 0 Å². The molecule has 120 valence electrons. The second kappa shape index (κ2) is 7.80. The number of piperidine rings is 1. The van der Waals surface area contributed by atoms with Crippen LogP contribution in [-0.4, -0.2) is 35.6 Å². The first kappa shape index (κ1) is 17.0. The van der Waals surface area contributed by atoms with Crippen LogP contribution in [0.5, 0.6) is 0 Å². The monoisotopic (exact) mass is 319 g/mol. The number of likely N-dealkylation sites (tertiary alicyclic amines) is 1. The molecule has 0 amide bonds. The van der Waals surface area contributed by atoms with Gasteiger partial charge >= 0.3 is 0 Å². The van der Waals surface area contributed by atoms with Gasteiger partial charge in [-0.15, -0.1) is 12.4 Å². The van der Waals surface area contributed by atoms with Crippen molar-refractivity contribution in [3.8, 4) is 0 Å². The fraction of sp³-hybridized carbons (Fsp3) is 0.500. The summed E-state index contributed by atoms with van der Waals surface area (Å²) in [5, 5.41) is 6.17. The highest BCUT2D eigenvalue weighted by atomic mass is 35.5. The molecule has 0 saturated carbocycles. The van der Waals surface area contributed by atoms with Crippen LogP contribution in [0.25, 0.3) is 10.8 Å². The third-order valence-electron chi connectivity index (χ3n) is 4.14. The number of fused-ring (bicyclic) bond motifs is 1. The lowest BCUT2D eigenvalue weighted by molar-refractivity contribution is 0.195. The zero-order valence-electron chi connectivity index (χ0n) is 13.5. The van der Waals surface area contributed by atoms with Crippen molar-refractivity contribution in [3.63, 3.8) is 0 Å². The van der Waals surface area contributed by atoms with Crippen molar-refractivity contribution in [2.75, 3.05) is 25.0 Å². The Labute approximate surface area is 139 Å². The first-order valence-corrected chi connectivity index (χ1v) is 8.03. The molecule has 1 saturated heterocycles. The van der Waals surface area contributed by atoms with E-state index in [-0.39, 0.29) is 12.4 Å². The van der Waals surface area contributed by atoms with Crippen molar-refractivity contribution in [2.45, 2.75) is 32.7 Å². The van der Waals surface area contributed by atoms with E-state index in [0.29, 0.717) is 6.04 Å². The Bertz CT molecular complexity index is 600. The summed E-state index contributed by atoms with van der Waals surface area (Å²) in [7, 11) is 0. The van der Waals surface area contributed by atoms with Gasteiger partial charge in [-0.1, -0.05) is 19.9 Å². The van der Waals surface area contributed by atoms with E-state index >= 15 is 0 Å². The number of pyridine rings is 1. The Morgan fingerprint density at radius 1 is 1.27 bits per heavy atom. The van der Waals surface area contributed by atoms with E-state index in [2.05, 4.69) is 53.3 Å². The minimum atomic E-state index is 0. The molecule has 0 bridgehead atoms. The van der Waals surface area contributed by atoms with Crippen LogP contribution in [-0.2, 0) is 0 Å². The van der Waals surface area contributed by atoms with E-state index in [4.69, 9.17) is 0 Å². The SMILES string of the molecule is CC(C)CN1CCC[C@@H](Nc2ccc3cnccc3c2)C1.Cl. The summed E-state index contributed by atoms with van der Waals surface area (Å²) in [5.74, 6) is 0.747. The predicted molar refractivity (Wildman–Crippen MR) is 96.9 cm³/mol. The highest BCUT2D eigenvalue weighted by molar-refractivity contribution is 5.85. The van der Waals surface area contributed by atoms with E-state index < -0.39 is 0 Å². The van der Waals surface area contributed by atoms with Crippen molar-refractivity contribution in [1.82, 2.24) is 9.88 Å². The normalized spacial score (nSPS) is 19.1. The van der Waals surface area contributed by atoms with Crippen LogP contribution < -0.4 is 5.32 Å². The maximum absolute atomic E-state index is 4.17. The fourth-order valence-electron chi connectivity index (χ4n) is 3.26. The molecule has 1 aliphatic rings. The quantitative estimate of drug-likeness (QED) is 0.916. The molecular weight excluding hydrogens is 294 g/mol. The number of hydrogen-bond acceptors (Lipinski definition) is 3. The number of hydrogen-bond donors (Lipinski definition) is 1. The molecular formula is C18H26ClN3. The van der Waals surface area contributed by atoms with E-state index in [1.54, 1.807) is 0 Å². The summed E-state index contributed by atoms with van der Waals surface area (Å²) in [6, 6.07) is 9.20. The number of nitrogens with zero attached hydrogens (tertiary/aromatic N) is 2. The van der Waals surface area contributed by atoms with Crippen LogP contribution in [0, 0.1) is 5.92 Å². The number of halogens is 1. The molecule has 0 radical (unpaired) electrons. The lowest BCUT2D eigenvalue weighted by Gasteiger charge is -2.34. The average Bonchev–Trinajstić information content (AvgIpc) is 2.47. The Morgan fingerprint density at radius 3 is 2.95 bits per heavy atom. The molecule has 0 spiro atoms. The lowest BCUT2D eigenvalue weighted by atomic mass is 10.0. The Kier molecular flexibility index (Phi) is 6.04. The first-order valence-electron chi connectivity index (χ1n) is 8.03. The molecule has 4 heteroatoms. The molecule has 1 atom stereocenters. The van der Waals surface area contributed by atoms with Crippen molar-refractivity contribution in [2.24, 2.45) is 5.92 Å².